The number of rotatable bonds is 6. The molecule has 0 bridgehead atoms. The summed E-state index contributed by atoms with van der Waals surface area (Å²) in [5.41, 5.74) is 1.96. The molecule has 29 heavy (non-hydrogen) atoms. The molecule has 3 aromatic carbocycles. The highest BCUT2D eigenvalue weighted by molar-refractivity contribution is 6.05. The maximum atomic E-state index is 12.4. The van der Waals surface area contributed by atoms with E-state index < -0.39 is 10.8 Å². The molecule has 146 valence electrons. The van der Waals surface area contributed by atoms with Gasteiger partial charge in [0.1, 0.15) is 0 Å². The van der Waals surface area contributed by atoms with E-state index in [0.717, 1.165) is 5.56 Å². The van der Waals surface area contributed by atoms with Crippen molar-refractivity contribution in [3.63, 3.8) is 0 Å². The molecular weight excluding hydrogens is 370 g/mol. The second kappa shape index (κ2) is 8.79. The van der Waals surface area contributed by atoms with Gasteiger partial charge in [0.15, 0.2) is 0 Å². The van der Waals surface area contributed by atoms with Gasteiger partial charge in [0.2, 0.25) is 0 Å². The third-order valence-electron chi connectivity index (χ3n) is 4.37. The number of hydrogen-bond donors (Lipinski definition) is 2. The van der Waals surface area contributed by atoms with Crippen LogP contribution in [0.5, 0.6) is 0 Å². The van der Waals surface area contributed by atoms with Crippen molar-refractivity contribution in [1.82, 2.24) is 5.32 Å². The Balaban J connectivity index is 1.64. The van der Waals surface area contributed by atoms with E-state index in [2.05, 4.69) is 10.6 Å². The van der Waals surface area contributed by atoms with Crippen molar-refractivity contribution in [2.75, 3.05) is 5.32 Å². The fraction of sp³-hybridized carbons (Fsp3) is 0.0909. The van der Waals surface area contributed by atoms with Gasteiger partial charge in [0.05, 0.1) is 11.0 Å². The summed E-state index contributed by atoms with van der Waals surface area (Å²) < 4.78 is 0. The smallest absolute Gasteiger partial charge is 0.270 e. The SMILES string of the molecule is C[C@H](NC(=O)c1ccc(NC(=O)c2cccc([N+](=O)[O-])c2)cc1)c1ccccc1. The first-order valence-electron chi connectivity index (χ1n) is 8.96. The lowest BCUT2D eigenvalue weighted by atomic mass is 10.1. The van der Waals surface area contributed by atoms with E-state index in [-0.39, 0.29) is 23.2 Å². The number of carbonyl (C=O) groups is 2. The van der Waals surface area contributed by atoms with E-state index in [1.165, 1.54) is 24.3 Å². The minimum Gasteiger partial charge on any atom is -0.346 e. The lowest BCUT2D eigenvalue weighted by Gasteiger charge is -2.14. The van der Waals surface area contributed by atoms with E-state index in [0.29, 0.717) is 11.3 Å². The van der Waals surface area contributed by atoms with Gasteiger partial charge in [-0.15, -0.1) is 0 Å². The summed E-state index contributed by atoms with van der Waals surface area (Å²) in [6.45, 7) is 1.90. The lowest BCUT2D eigenvalue weighted by Crippen LogP contribution is -2.26. The summed E-state index contributed by atoms with van der Waals surface area (Å²) in [5, 5.41) is 16.4. The Hall–Kier alpha value is -4.00. The third kappa shape index (κ3) is 5.04. The molecule has 0 aromatic heterocycles. The number of nitro groups is 1. The van der Waals surface area contributed by atoms with Crippen LogP contribution in [-0.4, -0.2) is 16.7 Å². The molecule has 0 aliphatic rings. The van der Waals surface area contributed by atoms with Crippen LogP contribution >= 0.6 is 0 Å². The Bertz CT molecular complexity index is 1030. The molecule has 0 saturated carbocycles. The molecule has 0 aliphatic heterocycles. The van der Waals surface area contributed by atoms with Gasteiger partial charge in [-0.3, -0.25) is 19.7 Å². The first-order valence-corrected chi connectivity index (χ1v) is 8.96. The van der Waals surface area contributed by atoms with Gasteiger partial charge < -0.3 is 10.6 Å². The number of nitrogens with zero attached hydrogens (tertiary/aromatic N) is 1. The molecule has 7 heteroatoms. The van der Waals surface area contributed by atoms with E-state index in [9.17, 15) is 19.7 Å². The van der Waals surface area contributed by atoms with E-state index in [4.69, 9.17) is 0 Å². The van der Waals surface area contributed by atoms with Crippen LogP contribution in [0, 0.1) is 10.1 Å². The van der Waals surface area contributed by atoms with E-state index >= 15 is 0 Å². The van der Waals surface area contributed by atoms with Crippen LogP contribution < -0.4 is 10.6 Å². The van der Waals surface area contributed by atoms with Gasteiger partial charge in [-0.25, -0.2) is 0 Å². The molecular formula is C22H19N3O4. The fourth-order valence-electron chi connectivity index (χ4n) is 2.77. The largest absolute Gasteiger partial charge is 0.346 e. The molecule has 0 spiro atoms. The highest BCUT2D eigenvalue weighted by Crippen LogP contribution is 2.17. The summed E-state index contributed by atoms with van der Waals surface area (Å²) in [7, 11) is 0. The monoisotopic (exact) mass is 389 g/mol. The zero-order valence-corrected chi connectivity index (χ0v) is 15.7. The summed E-state index contributed by atoms with van der Waals surface area (Å²) in [4.78, 5) is 35.0. The number of benzene rings is 3. The van der Waals surface area contributed by atoms with Crippen LogP contribution in [-0.2, 0) is 0 Å². The predicted molar refractivity (Wildman–Crippen MR) is 110 cm³/mol. The molecule has 0 heterocycles. The van der Waals surface area contributed by atoms with Crippen molar-refractivity contribution < 1.29 is 14.5 Å². The Kier molecular flexibility index (Phi) is 5.99. The fourth-order valence-corrected chi connectivity index (χ4v) is 2.77. The molecule has 0 fully saturated rings. The Labute approximate surface area is 167 Å². The maximum Gasteiger partial charge on any atom is 0.270 e. The number of anilines is 1. The number of amides is 2. The first kappa shape index (κ1) is 19.8. The summed E-state index contributed by atoms with van der Waals surface area (Å²) in [6, 6.07) is 21.4. The zero-order chi connectivity index (χ0) is 20.8. The Morgan fingerprint density at radius 1 is 0.862 bits per heavy atom. The number of nitro benzene ring substituents is 1. The van der Waals surface area contributed by atoms with E-state index in [1.54, 1.807) is 24.3 Å². The van der Waals surface area contributed by atoms with Gasteiger partial charge in [0, 0.05) is 28.9 Å². The van der Waals surface area contributed by atoms with Gasteiger partial charge in [-0.05, 0) is 42.8 Å². The average molecular weight is 389 g/mol. The molecule has 2 amide bonds. The van der Waals surface area contributed by atoms with Gasteiger partial charge in [-0.1, -0.05) is 36.4 Å². The Morgan fingerprint density at radius 3 is 2.21 bits per heavy atom. The summed E-state index contributed by atoms with van der Waals surface area (Å²) >= 11 is 0. The van der Waals surface area contributed by atoms with Gasteiger partial charge >= 0.3 is 0 Å². The molecule has 2 N–H and O–H groups in total. The molecule has 7 nitrogen and oxygen atoms in total. The van der Waals surface area contributed by atoms with Crippen LogP contribution in [0.2, 0.25) is 0 Å². The van der Waals surface area contributed by atoms with Crippen molar-refractivity contribution in [1.29, 1.82) is 0 Å². The van der Waals surface area contributed by atoms with Crippen LogP contribution in [0.1, 0.15) is 39.2 Å². The van der Waals surface area contributed by atoms with Crippen molar-refractivity contribution in [2.24, 2.45) is 0 Å². The van der Waals surface area contributed by atoms with Crippen molar-refractivity contribution >= 4 is 23.2 Å². The molecule has 3 rings (SSSR count). The van der Waals surface area contributed by atoms with Crippen LogP contribution in [0.15, 0.2) is 78.9 Å². The quantitative estimate of drug-likeness (QED) is 0.484. The number of hydrogen-bond acceptors (Lipinski definition) is 4. The van der Waals surface area contributed by atoms with Gasteiger partial charge in [-0.2, -0.15) is 0 Å². The standard InChI is InChI=1S/C22H19N3O4/c1-15(16-6-3-2-4-7-16)23-21(26)17-10-12-19(13-11-17)24-22(27)18-8-5-9-20(14-18)25(28)29/h2-15H,1H3,(H,23,26)(H,24,27)/t15-/m0/s1. The molecule has 1 atom stereocenters. The van der Waals surface area contributed by atoms with Crippen LogP contribution in [0.25, 0.3) is 0 Å². The second-order valence-corrected chi connectivity index (χ2v) is 6.44. The lowest BCUT2D eigenvalue weighted by molar-refractivity contribution is -0.384. The molecule has 3 aromatic rings. The number of nitrogens with one attached hydrogen (secondary N) is 2. The zero-order valence-electron chi connectivity index (χ0n) is 15.7. The van der Waals surface area contributed by atoms with E-state index in [1.807, 2.05) is 37.3 Å². The minimum absolute atomic E-state index is 0.142. The number of non-ortho nitro benzene ring substituents is 1. The molecule has 0 unspecified atom stereocenters. The molecule has 0 aliphatic carbocycles. The van der Waals surface area contributed by atoms with Crippen LogP contribution in [0.3, 0.4) is 0 Å². The highest BCUT2D eigenvalue weighted by Gasteiger charge is 2.13. The van der Waals surface area contributed by atoms with Crippen LogP contribution in [0.4, 0.5) is 11.4 Å². The Morgan fingerprint density at radius 2 is 1.55 bits per heavy atom. The molecule has 0 saturated heterocycles. The van der Waals surface area contributed by atoms with Crippen molar-refractivity contribution in [3.8, 4) is 0 Å². The highest BCUT2D eigenvalue weighted by atomic mass is 16.6. The second-order valence-electron chi connectivity index (χ2n) is 6.44. The summed E-state index contributed by atoms with van der Waals surface area (Å²) in [6.07, 6.45) is 0. The first-order chi connectivity index (χ1) is 13.9. The number of carbonyl (C=O) groups excluding carboxylic acids is 2. The molecule has 0 radical (unpaired) electrons. The normalized spacial score (nSPS) is 11.3. The summed E-state index contributed by atoms with van der Waals surface area (Å²) in [5.74, 6) is -0.693. The third-order valence-corrected chi connectivity index (χ3v) is 4.37. The van der Waals surface area contributed by atoms with Crippen molar-refractivity contribution in [3.05, 3.63) is 106 Å². The van der Waals surface area contributed by atoms with Gasteiger partial charge in [0.25, 0.3) is 17.5 Å². The average Bonchev–Trinajstić information content (AvgIpc) is 2.74. The maximum absolute atomic E-state index is 12.4. The topological polar surface area (TPSA) is 101 Å². The minimum atomic E-state index is -0.555. The predicted octanol–water partition coefficient (Wildman–Crippen LogP) is 4.34. The van der Waals surface area contributed by atoms with Crippen molar-refractivity contribution in [2.45, 2.75) is 13.0 Å².